The fraction of sp³-hybridized carbons (Fsp3) is 0.700. The highest BCUT2D eigenvalue weighted by Crippen LogP contribution is 2.38. The number of hydrogen-bond acceptors (Lipinski definition) is 5. The van der Waals surface area contributed by atoms with E-state index in [1.807, 2.05) is 0 Å². The Bertz CT molecular complexity index is 803. The molecule has 2 aliphatic rings. The number of sulfonamides is 1. The zero-order valence-corrected chi connectivity index (χ0v) is 18.0. The lowest BCUT2D eigenvalue weighted by Crippen LogP contribution is -2.39. The molecule has 10 heteroatoms. The highest BCUT2D eigenvalue weighted by Gasteiger charge is 2.35. The summed E-state index contributed by atoms with van der Waals surface area (Å²) in [6.07, 6.45) is -1.27. The molecule has 1 saturated carbocycles. The molecule has 6 nitrogen and oxygen atoms in total. The van der Waals surface area contributed by atoms with Crippen molar-refractivity contribution in [3.8, 4) is 0 Å². The maximum atomic E-state index is 13.6. The molecule has 2 N–H and O–H groups in total. The summed E-state index contributed by atoms with van der Waals surface area (Å²) in [7, 11) is -3.21. The second kappa shape index (κ2) is 9.74. The van der Waals surface area contributed by atoms with E-state index < -0.39 is 21.8 Å². The van der Waals surface area contributed by atoms with Crippen molar-refractivity contribution in [1.29, 1.82) is 0 Å². The predicted octanol–water partition coefficient (Wildman–Crippen LogP) is 3.45. The van der Waals surface area contributed by atoms with E-state index in [2.05, 4.69) is 10.0 Å². The summed E-state index contributed by atoms with van der Waals surface area (Å²) in [6, 6.07) is 4.37. The number of benzene rings is 1. The van der Waals surface area contributed by atoms with Gasteiger partial charge in [-0.1, -0.05) is 0 Å². The number of ether oxygens (including phenoxy) is 1. The van der Waals surface area contributed by atoms with Crippen LogP contribution in [0.3, 0.4) is 0 Å². The number of hydrogen-bond donors (Lipinski definition) is 2. The highest BCUT2D eigenvalue weighted by atomic mass is 32.2. The lowest BCUT2D eigenvalue weighted by molar-refractivity contribution is -0.137. The minimum Gasteiger partial charge on any atom is -0.385 e. The van der Waals surface area contributed by atoms with Gasteiger partial charge in [-0.3, -0.25) is 0 Å². The van der Waals surface area contributed by atoms with Crippen LogP contribution in [0.2, 0.25) is 0 Å². The van der Waals surface area contributed by atoms with Gasteiger partial charge in [0.15, 0.2) is 0 Å². The first kappa shape index (κ1) is 23.1. The van der Waals surface area contributed by atoms with Crippen LogP contribution >= 0.6 is 0 Å². The minimum atomic E-state index is -4.43. The summed E-state index contributed by atoms with van der Waals surface area (Å²) in [4.78, 5) is 1.72. The van der Waals surface area contributed by atoms with Crippen molar-refractivity contribution in [2.75, 3.05) is 48.8 Å². The fourth-order valence-corrected chi connectivity index (χ4v) is 4.95. The maximum absolute atomic E-state index is 13.6. The summed E-state index contributed by atoms with van der Waals surface area (Å²) in [5.74, 6) is 0.372. The Hall–Kier alpha value is -1.52. The third kappa shape index (κ3) is 6.24. The molecule has 0 spiro atoms. The van der Waals surface area contributed by atoms with Crippen LogP contribution in [0, 0.1) is 5.92 Å². The van der Waals surface area contributed by atoms with E-state index in [-0.39, 0.29) is 17.5 Å². The van der Waals surface area contributed by atoms with Gasteiger partial charge in [-0.2, -0.15) is 13.2 Å². The van der Waals surface area contributed by atoms with Gasteiger partial charge < -0.3 is 15.0 Å². The van der Waals surface area contributed by atoms with E-state index in [0.717, 1.165) is 25.7 Å². The average Bonchev–Trinajstić information content (AvgIpc) is 2.73. The molecule has 3 rings (SSSR count). The molecule has 0 amide bonds. The lowest BCUT2D eigenvalue weighted by atomic mass is 9.86. The van der Waals surface area contributed by atoms with Gasteiger partial charge in [-0.15, -0.1) is 0 Å². The molecule has 2 fully saturated rings. The number of morpholine rings is 1. The Labute approximate surface area is 176 Å². The van der Waals surface area contributed by atoms with E-state index in [1.165, 1.54) is 12.1 Å². The number of nitrogens with zero attached hydrogens (tertiary/aromatic N) is 1. The first-order chi connectivity index (χ1) is 14.2. The van der Waals surface area contributed by atoms with Gasteiger partial charge in [0.25, 0.3) is 0 Å². The molecule has 1 aromatic rings. The first-order valence-corrected chi connectivity index (χ1v) is 12.1. The van der Waals surface area contributed by atoms with Crippen LogP contribution in [0.1, 0.15) is 38.2 Å². The van der Waals surface area contributed by atoms with Crippen molar-refractivity contribution in [1.82, 2.24) is 4.72 Å². The minimum absolute atomic E-state index is 0.0455. The van der Waals surface area contributed by atoms with Crippen LogP contribution < -0.4 is 14.9 Å². The molecule has 1 saturated heterocycles. The van der Waals surface area contributed by atoms with Crippen molar-refractivity contribution >= 4 is 21.4 Å². The van der Waals surface area contributed by atoms with Gasteiger partial charge in [0.2, 0.25) is 10.0 Å². The van der Waals surface area contributed by atoms with E-state index >= 15 is 0 Å². The van der Waals surface area contributed by atoms with Crippen LogP contribution in [-0.4, -0.2) is 53.1 Å². The normalized spacial score (nSPS) is 23.4. The predicted molar refractivity (Wildman–Crippen MR) is 111 cm³/mol. The van der Waals surface area contributed by atoms with Crippen molar-refractivity contribution in [2.24, 2.45) is 5.92 Å². The van der Waals surface area contributed by atoms with Crippen molar-refractivity contribution in [3.63, 3.8) is 0 Å². The molecule has 30 heavy (non-hydrogen) atoms. The van der Waals surface area contributed by atoms with Crippen molar-refractivity contribution in [2.45, 2.75) is 44.8 Å². The monoisotopic (exact) mass is 449 g/mol. The van der Waals surface area contributed by atoms with Gasteiger partial charge in [0.05, 0.1) is 24.5 Å². The molecule has 0 radical (unpaired) electrons. The standard InChI is InChI=1S/C20H30F3N3O3S/c1-2-30(27,28)25-16-5-3-15(4-6-16)14-24-17-7-8-19(18(13-17)20(21,22)23)26-9-11-29-12-10-26/h7-8,13,15-16,24-25H,2-6,9-12,14H2,1H3. The Morgan fingerprint density at radius 3 is 2.40 bits per heavy atom. The summed E-state index contributed by atoms with van der Waals surface area (Å²) < 4.78 is 72.3. The topological polar surface area (TPSA) is 70.7 Å². The van der Waals surface area contributed by atoms with E-state index in [4.69, 9.17) is 4.74 Å². The zero-order valence-electron chi connectivity index (χ0n) is 17.2. The summed E-state index contributed by atoms with van der Waals surface area (Å²) in [6.45, 7) is 3.92. The van der Waals surface area contributed by atoms with Crippen molar-refractivity contribution < 1.29 is 26.3 Å². The van der Waals surface area contributed by atoms with Crippen LogP contribution in [-0.2, 0) is 20.9 Å². The van der Waals surface area contributed by atoms with Crippen LogP contribution in [0.4, 0.5) is 24.5 Å². The number of rotatable bonds is 7. The summed E-state index contributed by atoms with van der Waals surface area (Å²) >= 11 is 0. The molecule has 0 aromatic heterocycles. The smallest absolute Gasteiger partial charge is 0.385 e. The maximum Gasteiger partial charge on any atom is 0.418 e. The number of alkyl halides is 3. The Morgan fingerprint density at radius 2 is 1.80 bits per heavy atom. The highest BCUT2D eigenvalue weighted by molar-refractivity contribution is 7.89. The molecule has 1 aliphatic carbocycles. The molecule has 0 unspecified atom stereocenters. The quantitative estimate of drug-likeness (QED) is 0.667. The Kier molecular flexibility index (Phi) is 7.52. The third-order valence-corrected chi connectivity index (χ3v) is 7.27. The lowest BCUT2D eigenvalue weighted by Gasteiger charge is -2.31. The molecule has 1 heterocycles. The van der Waals surface area contributed by atoms with Gasteiger partial charge in [0, 0.05) is 37.1 Å². The summed E-state index contributed by atoms with van der Waals surface area (Å²) in [5, 5.41) is 3.15. The molecular weight excluding hydrogens is 419 g/mol. The third-order valence-electron chi connectivity index (χ3n) is 5.82. The number of anilines is 2. The van der Waals surface area contributed by atoms with Crippen LogP contribution in [0.25, 0.3) is 0 Å². The molecular formula is C20H30F3N3O3S. The Balaban J connectivity index is 1.58. The fourth-order valence-electron chi connectivity index (χ4n) is 4.04. The van der Waals surface area contributed by atoms with Gasteiger partial charge in [-0.05, 0) is 56.7 Å². The van der Waals surface area contributed by atoms with Crippen LogP contribution in [0.15, 0.2) is 18.2 Å². The number of nitrogens with one attached hydrogen (secondary N) is 2. The van der Waals surface area contributed by atoms with E-state index in [0.29, 0.717) is 44.5 Å². The molecule has 1 aliphatic heterocycles. The molecule has 1 aromatic carbocycles. The largest absolute Gasteiger partial charge is 0.418 e. The van der Waals surface area contributed by atoms with Gasteiger partial charge >= 0.3 is 6.18 Å². The van der Waals surface area contributed by atoms with E-state index in [1.54, 1.807) is 17.9 Å². The zero-order chi connectivity index (χ0) is 21.8. The van der Waals surface area contributed by atoms with E-state index in [9.17, 15) is 21.6 Å². The Morgan fingerprint density at radius 1 is 1.13 bits per heavy atom. The van der Waals surface area contributed by atoms with Crippen molar-refractivity contribution in [3.05, 3.63) is 23.8 Å². The average molecular weight is 450 g/mol. The second-order valence-electron chi connectivity index (χ2n) is 7.95. The molecule has 0 atom stereocenters. The second-order valence-corrected chi connectivity index (χ2v) is 9.99. The van der Waals surface area contributed by atoms with Gasteiger partial charge in [-0.25, -0.2) is 13.1 Å². The number of halogens is 3. The molecule has 0 bridgehead atoms. The first-order valence-electron chi connectivity index (χ1n) is 10.5. The molecule has 170 valence electrons. The van der Waals surface area contributed by atoms with Gasteiger partial charge in [0.1, 0.15) is 0 Å². The SMILES string of the molecule is CCS(=O)(=O)NC1CCC(CNc2ccc(N3CCOCC3)c(C(F)(F)F)c2)CC1. The van der Waals surface area contributed by atoms with Crippen LogP contribution in [0.5, 0.6) is 0 Å². The summed E-state index contributed by atoms with van der Waals surface area (Å²) in [5.41, 5.74) is 0.0142.